The molecule has 0 spiro atoms. The zero-order valence-electron chi connectivity index (χ0n) is 21.4. The molecule has 0 radical (unpaired) electrons. The second kappa shape index (κ2) is 13.6. The molecule has 0 aromatic heterocycles. The van der Waals surface area contributed by atoms with Gasteiger partial charge in [-0.3, -0.25) is 14.4 Å². The highest BCUT2D eigenvalue weighted by Gasteiger charge is 2.17. The van der Waals surface area contributed by atoms with Crippen LogP contribution < -0.4 is 16.0 Å². The number of nitrogens with one attached hydrogen (secondary N) is 3. The molecule has 0 saturated carbocycles. The number of benzene rings is 4. The maximum atomic E-state index is 14.5. The molecular weight excluding hydrogens is 549 g/mol. The molecule has 0 aliphatic rings. The number of rotatable bonds is 9. The summed E-state index contributed by atoms with van der Waals surface area (Å²) in [5, 5.41) is 8.21. The Morgan fingerprint density at radius 1 is 0.825 bits per heavy atom. The molecule has 0 heterocycles. The van der Waals surface area contributed by atoms with E-state index in [2.05, 4.69) is 16.0 Å². The fourth-order valence-corrected chi connectivity index (χ4v) is 4.47. The summed E-state index contributed by atoms with van der Waals surface area (Å²) >= 11 is 7.50. The molecule has 0 aliphatic heterocycles. The van der Waals surface area contributed by atoms with Crippen LogP contribution in [0.25, 0.3) is 6.08 Å². The van der Waals surface area contributed by atoms with Crippen molar-refractivity contribution in [1.29, 1.82) is 0 Å². The highest BCUT2D eigenvalue weighted by atomic mass is 35.5. The summed E-state index contributed by atoms with van der Waals surface area (Å²) in [5.74, 6) is -1.77. The summed E-state index contributed by atoms with van der Waals surface area (Å²) in [5.41, 5.74) is 2.39. The van der Waals surface area contributed by atoms with E-state index in [4.69, 9.17) is 11.6 Å². The van der Waals surface area contributed by atoms with Crippen LogP contribution in [0, 0.1) is 12.7 Å². The third-order valence-electron chi connectivity index (χ3n) is 5.63. The van der Waals surface area contributed by atoms with Gasteiger partial charge in [-0.1, -0.05) is 53.6 Å². The number of carbonyl (C=O) groups is 3. The first-order valence-corrected chi connectivity index (χ1v) is 13.6. The van der Waals surface area contributed by atoms with Gasteiger partial charge in [0, 0.05) is 27.4 Å². The first-order valence-electron chi connectivity index (χ1n) is 12.2. The van der Waals surface area contributed by atoms with Crippen molar-refractivity contribution in [3.63, 3.8) is 0 Å². The van der Waals surface area contributed by atoms with Crippen molar-refractivity contribution in [3.05, 3.63) is 130 Å². The van der Waals surface area contributed by atoms with Gasteiger partial charge < -0.3 is 16.0 Å². The van der Waals surface area contributed by atoms with Crippen molar-refractivity contribution in [1.82, 2.24) is 5.32 Å². The molecule has 202 valence electrons. The van der Waals surface area contributed by atoms with Gasteiger partial charge in [0.2, 0.25) is 5.91 Å². The molecular formula is C31H25ClFN3O3S. The average Bonchev–Trinajstić information content (AvgIpc) is 2.95. The van der Waals surface area contributed by atoms with E-state index in [-0.39, 0.29) is 27.9 Å². The highest BCUT2D eigenvalue weighted by molar-refractivity contribution is 8.00. The summed E-state index contributed by atoms with van der Waals surface area (Å²) < 4.78 is 14.5. The van der Waals surface area contributed by atoms with E-state index < -0.39 is 17.6 Å². The van der Waals surface area contributed by atoms with E-state index in [1.165, 1.54) is 36.0 Å². The zero-order chi connectivity index (χ0) is 28.5. The Morgan fingerprint density at radius 2 is 1.48 bits per heavy atom. The third-order valence-corrected chi connectivity index (χ3v) is 6.98. The lowest BCUT2D eigenvalue weighted by molar-refractivity contribution is -0.114. The number of carbonyl (C=O) groups excluding carboxylic acids is 3. The minimum absolute atomic E-state index is 0.0293. The number of hydrogen-bond acceptors (Lipinski definition) is 4. The van der Waals surface area contributed by atoms with Crippen LogP contribution in [0.2, 0.25) is 5.02 Å². The normalized spacial score (nSPS) is 11.0. The molecule has 0 saturated heterocycles. The molecule has 0 unspecified atom stereocenters. The van der Waals surface area contributed by atoms with Crippen molar-refractivity contribution in [3.8, 4) is 0 Å². The fraction of sp³-hybridized carbons (Fsp3) is 0.0645. The lowest BCUT2D eigenvalue weighted by atomic mass is 10.1. The minimum atomic E-state index is -0.665. The summed E-state index contributed by atoms with van der Waals surface area (Å²) in [4.78, 5) is 39.1. The number of thioether (sulfide) groups is 1. The van der Waals surface area contributed by atoms with Crippen LogP contribution in [0.3, 0.4) is 0 Å². The lowest BCUT2D eigenvalue weighted by Crippen LogP contribution is -2.30. The van der Waals surface area contributed by atoms with Crippen LogP contribution in [-0.4, -0.2) is 23.5 Å². The zero-order valence-corrected chi connectivity index (χ0v) is 23.0. The van der Waals surface area contributed by atoms with E-state index in [1.54, 1.807) is 54.6 Å². The number of amides is 3. The second-order valence-corrected chi connectivity index (χ2v) is 10.2. The molecule has 4 aromatic carbocycles. The standard InChI is InChI=1S/C31H25ClFN3O3S/c1-20-10-12-22(13-11-20)34-29(37)19-40-24-16-14-23(15-17-24)35-31(39)28(18-25-26(32)8-5-9-27(25)33)36-30(38)21-6-3-2-4-7-21/h2-18H,19H2,1H3,(H,34,37)(H,35,39)(H,36,38)/b28-18-. The van der Waals surface area contributed by atoms with Gasteiger partial charge in [-0.05, 0) is 73.7 Å². The molecule has 3 amide bonds. The molecule has 6 nitrogen and oxygen atoms in total. The predicted molar refractivity (Wildman–Crippen MR) is 159 cm³/mol. The van der Waals surface area contributed by atoms with Crippen LogP contribution in [0.5, 0.6) is 0 Å². The van der Waals surface area contributed by atoms with E-state index in [1.807, 2.05) is 31.2 Å². The molecule has 0 atom stereocenters. The fourth-order valence-electron chi connectivity index (χ4n) is 3.55. The van der Waals surface area contributed by atoms with Crippen LogP contribution in [0.15, 0.2) is 108 Å². The molecule has 3 N–H and O–H groups in total. The van der Waals surface area contributed by atoms with Crippen molar-refractivity contribution in [2.24, 2.45) is 0 Å². The van der Waals surface area contributed by atoms with Gasteiger partial charge in [-0.15, -0.1) is 11.8 Å². The summed E-state index contributed by atoms with van der Waals surface area (Å²) in [6.45, 7) is 1.98. The van der Waals surface area contributed by atoms with Gasteiger partial charge in [0.1, 0.15) is 11.5 Å². The minimum Gasteiger partial charge on any atom is -0.325 e. The van der Waals surface area contributed by atoms with Crippen LogP contribution in [0.1, 0.15) is 21.5 Å². The Bertz CT molecular complexity index is 1520. The maximum absolute atomic E-state index is 14.5. The van der Waals surface area contributed by atoms with Crippen molar-refractivity contribution in [2.45, 2.75) is 11.8 Å². The van der Waals surface area contributed by atoms with Crippen molar-refractivity contribution in [2.75, 3.05) is 16.4 Å². The Hall–Kier alpha value is -4.40. The Morgan fingerprint density at radius 3 is 2.15 bits per heavy atom. The number of anilines is 2. The largest absolute Gasteiger partial charge is 0.325 e. The van der Waals surface area contributed by atoms with Gasteiger partial charge in [0.15, 0.2) is 0 Å². The number of hydrogen-bond donors (Lipinski definition) is 3. The molecule has 40 heavy (non-hydrogen) atoms. The number of aryl methyl sites for hydroxylation is 1. The second-order valence-electron chi connectivity index (χ2n) is 8.69. The SMILES string of the molecule is Cc1ccc(NC(=O)CSc2ccc(NC(=O)/C(=C/c3c(F)cccc3Cl)NC(=O)c3ccccc3)cc2)cc1. The van der Waals surface area contributed by atoms with E-state index in [0.717, 1.165) is 16.1 Å². The quantitative estimate of drug-likeness (QED) is 0.150. The first-order chi connectivity index (χ1) is 19.3. The molecule has 0 bridgehead atoms. The van der Waals surface area contributed by atoms with Gasteiger partial charge >= 0.3 is 0 Å². The van der Waals surface area contributed by atoms with E-state index in [0.29, 0.717) is 11.3 Å². The smallest absolute Gasteiger partial charge is 0.272 e. The summed E-state index contributed by atoms with van der Waals surface area (Å²) in [7, 11) is 0. The lowest BCUT2D eigenvalue weighted by Gasteiger charge is -2.12. The molecule has 0 fully saturated rings. The highest BCUT2D eigenvalue weighted by Crippen LogP contribution is 2.24. The Labute approximate surface area is 240 Å². The first kappa shape index (κ1) is 28.6. The molecule has 4 aromatic rings. The monoisotopic (exact) mass is 573 g/mol. The maximum Gasteiger partial charge on any atom is 0.272 e. The van der Waals surface area contributed by atoms with Gasteiger partial charge in [0.05, 0.1) is 10.8 Å². The van der Waals surface area contributed by atoms with Crippen molar-refractivity contribution < 1.29 is 18.8 Å². The van der Waals surface area contributed by atoms with Gasteiger partial charge in [-0.2, -0.15) is 0 Å². The summed E-state index contributed by atoms with van der Waals surface area (Å²) in [6.07, 6.45) is 1.20. The third kappa shape index (κ3) is 8.05. The van der Waals surface area contributed by atoms with Gasteiger partial charge in [0.25, 0.3) is 11.8 Å². The summed E-state index contributed by atoms with van der Waals surface area (Å²) in [6, 6.07) is 26.9. The van der Waals surface area contributed by atoms with Gasteiger partial charge in [-0.25, -0.2) is 4.39 Å². The molecule has 9 heteroatoms. The molecule has 4 rings (SSSR count). The number of halogens is 2. The predicted octanol–water partition coefficient (Wildman–Crippen LogP) is 6.93. The van der Waals surface area contributed by atoms with Crippen LogP contribution >= 0.6 is 23.4 Å². The van der Waals surface area contributed by atoms with Crippen molar-refractivity contribution >= 4 is 58.5 Å². The topological polar surface area (TPSA) is 87.3 Å². The Balaban J connectivity index is 1.43. The van der Waals surface area contributed by atoms with Crippen LogP contribution in [0.4, 0.5) is 15.8 Å². The Kier molecular flexibility index (Phi) is 9.72. The van der Waals surface area contributed by atoms with E-state index >= 15 is 0 Å². The van der Waals surface area contributed by atoms with Crippen LogP contribution in [-0.2, 0) is 9.59 Å². The van der Waals surface area contributed by atoms with E-state index in [9.17, 15) is 18.8 Å². The average molecular weight is 574 g/mol. The molecule has 0 aliphatic carbocycles.